The number of aromatic nitrogens is 2. The van der Waals surface area contributed by atoms with Gasteiger partial charge in [-0.25, -0.2) is 0 Å². The molecule has 0 radical (unpaired) electrons. The topological polar surface area (TPSA) is 76.1 Å². The van der Waals surface area contributed by atoms with E-state index in [1.54, 1.807) is 0 Å². The monoisotopic (exact) mass is 406 g/mol. The average Bonchev–Trinajstić information content (AvgIpc) is 3.11. The molecule has 1 amide bonds. The molecule has 1 fully saturated rings. The van der Waals surface area contributed by atoms with Gasteiger partial charge in [0.2, 0.25) is 11.0 Å². The van der Waals surface area contributed by atoms with E-state index in [1.165, 1.54) is 42.4 Å². The Morgan fingerprint density at radius 1 is 1.30 bits per heavy atom. The van der Waals surface area contributed by atoms with Gasteiger partial charge in [-0.2, -0.15) is 0 Å². The summed E-state index contributed by atoms with van der Waals surface area (Å²) in [7, 11) is 0. The highest BCUT2D eigenvalue weighted by Crippen LogP contribution is 2.31. The molecule has 0 bridgehead atoms. The number of thioether (sulfide) groups is 1. The van der Waals surface area contributed by atoms with Crippen molar-refractivity contribution in [2.75, 3.05) is 17.7 Å². The minimum atomic E-state index is 0.0742. The van der Waals surface area contributed by atoms with Crippen LogP contribution in [0.5, 0.6) is 5.75 Å². The highest BCUT2D eigenvalue weighted by molar-refractivity contribution is 8.01. The average molecular weight is 407 g/mol. The van der Waals surface area contributed by atoms with E-state index < -0.39 is 0 Å². The van der Waals surface area contributed by atoms with Gasteiger partial charge in [0.15, 0.2) is 4.34 Å². The van der Waals surface area contributed by atoms with E-state index in [4.69, 9.17) is 4.74 Å². The second-order valence-electron chi connectivity index (χ2n) is 6.65. The van der Waals surface area contributed by atoms with Crippen molar-refractivity contribution >= 4 is 39.8 Å². The molecule has 1 aromatic heterocycles. The first-order valence-corrected chi connectivity index (χ1v) is 11.2. The highest BCUT2D eigenvalue weighted by Gasteiger charge is 2.22. The molecule has 3 rings (SSSR count). The molecule has 0 aliphatic heterocycles. The van der Waals surface area contributed by atoms with Crippen molar-refractivity contribution in [3.63, 3.8) is 0 Å². The van der Waals surface area contributed by atoms with Crippen LogP contribution in [0.4, 0.5) is 10.8 Å². The molecule has 0 spiro atoms. The molecule has 1 aliphatic carbocycles. The third kappa shape index (κ3) is 5.84. The van der Waals surface area contributed by atoms with Crippen LogP contribution in [0.3, 0.4) is 0 Å². The fraction of sp³-hybridized carbons (Fsp3) is 0.526. The first kappa shape index (κ1) is 19.9. The van der Waals surface area contributed by atoms with Crippen molar-refractivity contribution in [2.45, 2.75) is 49.9 Å². The van der Waals surface area contributed by atoms with E-state index in [2.05, 4.69) is 27.8 Å². The van der Waals surface area contributed by atoms with E-state index >= 15 is 0 Å². The molecule has 1 aromatic carbocycles. The molecule has 27 heavy (non-hydrogen) atoms. The molecule has 2 unspecified atom stereocenters. The van der Waals surface area contributed by atoms with Gasteiger partial charge in [0, 0.05) is 6.04 Å². The number of para-hydroxylation sites is 2. The van der Waals surface area contributed by atoms with Gasteiger partial charge in [-0.15, -0.1) is 10.2 Å². The van der Waals surface area contributed by atoms with Crippen molar-refractivity contribution in [3.05, 3.63) is 24.3 Å². The second-order valence-corrected chi connectivity index (χ2v) is 8.85. The molecular weight excluding hydrogens is 380 g/mol. The third-order valence-corrected chi connectivity index (χ3v) is 6.59. The first-order valence-electron chi connectivity index (χ1n) is 9.40. The van der Waals surface area contributed by atoms with Crippen LogP contribution in [0.1, 0.15) is 39.5 Å². The van der Waals surface area contributed by atoms with Gasteiger partial charge in [0.25, 0.3) is 0 Å². The Morgan fingerprint density at radius 2 is 2.11 bits per heavy atom. The summed E-state index contributed by atoms with van der Waals surface area (Å²) in [6.07, 6.45) is 4.77. The molecule has 146 valence electrons. The number of nitrogens with one attached hydrogen (secondary N) is 2. The Balaban J connectivity index is 1.50. The van der Waals surface area contributed by atoms with Crippen LogP contribution in [0, 0.1) is 5.92 Å². The number of ether oxygens (including phenoxy) is 1. The number of hydrogen-bond acceptors (Lipinski definition) is 7. The van der Waals surface area contributed by atoms with Crippen molar-refractivity contribution in [3.8, 4) is 5.75 Å². The number of benzene rings is 1. The van der Waals surface area contributed by atoms with E-state index in [0.717, 1.165) is 22.2 Å². The summed E-state index contributed by atoms with van der Waals surface area (Å²) in [5.41, 5.74) is 0.857. The van der Waals surface area contributed by atoms with Crippen molar-refractivity contribution in [1.29, 1.82) is 0 Å². The number of anilines is 2. The van der Waals surface area contributed by atoms with Crippen LogP contribution < -0.4 is 15.4 Å². The van der Waals surface area contributed by atoms with Gasteiger partial charge >= 0.3 is 0 Å². The first-order chi connectivity index (χ1) is 13.2. The molecule has 2 aromatic rings. The molecule has 2 N–H and O–H groups in total. The summed E-state index contributed by atoms with van der Waals surface area (Å²) in [5.74, 6) is 1.79. The summed E-state index contributed by atoms with van der Waals surface area (Å²) in [4.78, 5) is 12.2. The molecule has 1 aliphatic rings. The lowest BCUT2D eigenvalue weighted by molar-refractivity contribution is -0.119. The minimum Gasteiger partial charge on any atom is -0.492 e. The third-order valence-electron chi connectivity index (χ3n) is 4.62. The largest absolute Gasteiger partial charge is 0.492 e. The van der Waals surface area contributed by atoms with Crippen LogP contribution in [-0.4, -0.2) is 34.5 Å². The van der Waals surface area contributed by atoms with Gasteiger partial charge in [0.05, 0.1) is 18.0 Å². The van der Waals surface area contributed by atoms with Crippen LogP contribution in [-0.2, 0) is 4.79 Å². The number of hydrogen-bond donors (Lipinski definition) is 2. The molecule has 8 heteroatoms. The van der Waals surface area contributed by atoms with E-state index in [-0.39, 0.29) is 5.91 Å². The lowest BCUT2D eigenvalue weighted by atomic mass is 9.86. The zero-order valence-electron chi connectivity index (χ0n) is 15.7. The molecule has 6 nitrogen and oxygen atoms in total. The van der Waals surface area contributed by atoms with Crippen LogP contribution in [0.25, 0.3) is 0 Å². The number of rotatable bonds is 8. The summed E-state index contributed by atoms with van der Waals surface area (Å²) in [6.45, 7) is 4.78. The SMILES string of the molecule is CCOc1ccccc1Nc1nnc(SCC(=O)NC2CCCCC2C)s1. The highest BCUT2D eigenvalue weighted by atomic mass is 32.2. The maximum Gasteiger partial charge on any atom is 0.230 e. The Labute approximate surface area is 168 Å². The standard InChI is InChI=1S/C19H26N4O2S2/c1-3-25-16-11-7-6-10-15(16)21-18-22-23-19(27-18)26-12-17(24)20-14-9-5-4-8-13(14)2/h6-7,10-11,13-14H,3-5,8-9,12H2,1-2H3,(H,20,24)(H,21,22). The number of nitrogens with zero attached hydrogens (tertiary/aromatic N) is 2. The van der Waals surface area contributed by atoms with E-state index in [9.17, 15) is 4.79 Å². The summed E-state index contributed by atoms with van der Waals surface area (Å²) in [6, 6.07) is 8.05. The van der Waals surface area contributed by atoms with Gasteiger partial charge in [-0.1, -0.05) is 55.0 Å². The molecular formula is C19H26N4O2S2. The normalized spacial score (nSPS) is 19.5. The van der Waals surface area contributed by atoms with Gasteiger partial charge in [0.1, 0.15) is 5.75 Å². The van der Waals surface area contributed by atoms with E-state index in [1.807, 2.05) is 31.2 Å². The number of amides is 1. The minimum absolute atomic E-state index is 0.0742. The molecule has 1 saturated carbocycles. The van der Waals surface area contributed by atoms with Gasteiger partial charge in [-0.3, -0.25) is 4.79 Å². The fourth-order valence-corrected chi connectivity index (χ4v) is 4.77. The molecule has 1 heterocycles. The quantitative estimate of drug-likeness (QED) is 0.630. The number of carbonyl (C=O) groups excluding carboxylic acids is 1. The van der Waals surface area contributed by atoms with Crippen LogP contribution >= 0.6 is 23.1 Å². The van der Waals surface area contributed by atoms with Gasteiger partial charge < -0.3 is 15.4 Å². The Hall–Kier alpha value is -1.80. The zero-order valence-corrected chi connectivity index (χ0v) is 17.4. The second kappa shape index (κ2) is 9.94. The molecule has 0 saturated heterocycles. The van der Waals surface area contributed by atoms with Gasteiger partial charge in [-0.05, 0) is 37.8 Å². The maximum atomic E-state index is 12.2. The predicted octanol–water partition coefficient (Wildman–Crippen LogP) is 4.47. The Kier molecular flexibility index (Phi) is 7.34. The Bertz CT molecular complexity index is 753. The van der Waals surface area contributed by atoms with Crippen molar-refractivity contribution < 1.29 is 9.53 Å². The van der Waals surface area contributed by atoms with E-state index in [0.29, 0.717) is 29.5 Å². The van der Waals surface area contributed by atoms with Crippen LogP contribution in [0.2, 0.25) is 0 Å². The summed E-state index contributed by atoms with van der Waals surface area (Å²) < 4.78 is 6.39. The van der Waals surface area contributed by atoms with Crippen molar-refractivity contribution in [2.24, 2.45) is 5.92 Å². The molecule has 2 atom stereocenters. The van der Waals surface area contributed by atoms with Crippen molar-refractivity contribution in [1.82, 2.24) is 15.5 Å². The summed E-state index contributed by atoms with van der Waals surface area (Å²) in [5, 5.41) is 15.4. The maximum absolute atomic E-state index is 12.2. The number of carbonyl (C=O) groups is 1. The predicted molar refractivity (Wildman–Crippen MR) is 111 cm³/mol. The zero-order chi connectivity index (χ0) is 19.1. The lowest BCUT2D eigenvalue weighted by Gasteiger charge is -2.29. The summed E-state index contributed by atoms with van der Waals surface area (Å²) >= 11 is 2.86. The lowest BCUT2D eigenvalue weighted by Crippen LogP contribution is -2.41. The van der Waals surface area contributed by atoms with Crippen LogP contribution in [0.15, 0.2) is 28.6 Å². The fourth-order valence-electron chi connectivity index (χ4n) is 3.19. The smallest absolute Gasteiger partial charge is 0.230 e. The Morgan fingerprint density at radius 3 is 2.93 bits per heavy atom.